The van der Waals surface area contributed by atoms with E-state index in [1.165, 1.54) is 0 Å². The van der Waals surface area contributed by atoms with Crippen LogP contribution in [-0.4, -0.2) is 18.3 Å². The number of alkyl halides is 1. The number of fused-ring (bicyclic) bond motifs is 1. The smallest absolute Gasteiger partial charge is 0.252 e. The monoisotopic (exact) mass is 267 g/mol. The zero-order valence-corrected chi connectivity index (χ0v) is 11.0. The minimum Gasteiger partial charge on any atom is -0.352 e. The lowest BCUT2D eigenvalue weighted by molar-refractivity contribution is 0.0955. The molecule has 1 aromatic carbocycles. The third kappa shape index (κ3) is 2.99. The fourth-order valence-electron chi connectivity index (χ4n) is 1.67. The van der Waals surface area contributed by atoms with Crippen molar-refractivity contribution >= 4 is 38.9 Å². The molecule has 0 aliphatic heterocycles. The highest BCUT2D eigenvalue weighted by Gasteiger charge is 2.10. The van der Waals surface area contributed by atoms with Gasteiger partial charge >= 0.3 is 0 Å². The van der Waals surface area contributed by atoms with Gasteiger partial charge in [-0.2, -0.15) is 0 Å². The predicted molar refractivity (Wildman–Crippen MR) is 74.1 cm³/mol. The van der Waals surface area contributed by atoms with Gasteiger partial charge in [0, 0.05) is 27.9 Å². The molecule has 1 N–H and O–H groups in total. The molecule has 0 spiro atoms. The maximum absolute atomic E-state index is 11.9. The second-order valence-electron chi connectivity index (χ2n) is 3.80. The molecule has 0 fully saturated rings. The van der Waals surface area contributed by atoms with Gasteiger partial charge in [-0.15, -0.1) is 22.9 Å². The summed E-state index contributed by atoms with van der Waals surface area (Å²) in [6, 6.07) is 7.96. The average Bonchev–Trinajstić information content (AvgIpc) is 2.78. The van der Waals surface area contributed by atoms with Gasteiger partial charge in [-0.05, 0) is 18.9 Å². The number of carbonyl (C=O) groups is 1. The number of carbonyl (C=O) groups excluding carboxylic acids is 1. The number of hydrogen-bond donors (Lipinski definition) is 1. The fourth-order valence-corrected chi connectivity index (χ4v) is 2.80. The van der Waals surface area contributed by atoms with Crippen molar-refractivity contribution in [2.75, 3.05) is 12.4 Å². The van der Waals surface area contributed by atoms with Crippen LogP contribution in [0.2, 0.25) is 0 Å². The van der Waals surface area contributed by atoms with Crippen LogP contribution < -0.4 is 5.32 Å². The Labute approximate surface area is 110 Å². The van der Waals surface area contributed by atoms with E-state index in [4.69, 9.17) is 11.6 Å². The summed E-state index contributed by atoms with van der Waals surface area (Å²) in [6.45, 7) is 0.690. The number of amides is 1. The highest BCUT2D eigenvalue weighted by Crippen LogP contribution is 2.25. The summed E-state index contributed by atoms with van der Waals surface area (Å²) >= 11 is 7.19. The van der Waals surface area contributed by atoms with E-state index in [2.05, 4.69) is 5.32 Å². The van der Waals surface area contributed by atoms with Crippen molar-refractivity contribution in [3.63, 3.8) is 0 Å². The van der Waals surface area contributed by atoms with Gasteiger partial charge in [0.1, 0.15) is 0 Å². The SMILES string of the molecule is O=C(NCCCCCl)c1csc2ccccc12. The number of hydrogen-bond acceptors (Lipinski definition) is 2. The maximum Gasteiger partial charge on any atom is 0.252 e. The summed E-state index contributed by atoms with van der Waals surface area (Å²) in [4.78, 5) is 11.9. The molecule has 2 rings (SSSR count). The zero-order valence-electron chi connectivity index (χ0n) is 9.41. The molecule has 2 nitrogen and oxygen atoms in total. The van der Waals surface area contributed by atoms with E-state index in [1.54, 1.807) is 11.3 Å². The summed E-state index contributed by atoms with van der Waals surface area (Å²) in [7, 11) is 0. The molecule has 0 radical (unpaired) electrons. The number of benzene rings is 1. The van der Waals surface area contributed by atoms with E-state index in [0.29, 0.717) is 12.4 Å². The third-order valence-corrected chi connectivity index (χ3v) is 3.80. The molecule has 0 unspecified atom stereocenters. The maximum atomic E-state index is 11.9. The van der Waals surface area contributed by atoms with Gasteiger partial charge in [0.25, 0.3) is 5.91 Å². The van der Waals surface area contributed by atoms with Crippen LogP contribution >= 0.6 is 22.9 Å². The van der Waals surface area contributed by atoms with Crippen molar-refractivity contribution in [1.29, 1.82) is 0 Å². The van der Waals surface area contributed by atoms with Crippen LogP contribution in [0.15, 0.2) is 29.6 Å². The van der Waals surface area contributed by atoms with E-state index < -0.39 is 0 Å². The minimum absolute atomic E-state index is 0.0111. The highest BCUT2D eigenvalue weighted by atomic mass is 35.5. The molecule has 0 bridgehead atoms. The average molecular weight is 268 g/mol. The van der Waals surface area contributed by atoms with Gasteiger partial charge in [0.05, 0.1) is 5.56 Å². The van der Waals surface area contributed by atoms with Gasteiger partial charge in [-0.1, -0.05) is 18.2 Å². The molecule has 1 heterocycles. The predicted octanol–water partition coefficient (Wildman–Crippen LogP) is 3.65. The van der Waals surface area contributed by atoms with Gasteiger partial charge in [0.15, 0.2) is 0 Å². The summed E-state index contributed by atoms with van der Waals surface area (Å²) < 4.78 is 1.15. The van der Waals surface area contributed by atoms with Gasteiger partial charge < -0.3 is 5.32 Å². The van der Waals surface area contributed by atoms with Crippen LogP contribution in [0.3, 0.4) is 0 Å². The van der Waals surface area contributed by atoms with E-state index in [1.807, 2.05) is 29.6 Å². The number of unbranched alkanes of at least 4 members (excludes halogenated alkanes) is 1. The second kappa shape index (κ2) is 6.03. The van der Waals surface area contributed by atoms with Crippen LogP contribution in [0.4, 0.5) is 0 Å². The lowest BCUT2D eigenvalue weighted by Crippen LogP contribution is -2.24. The number of rotatable bonds is 5. The molecule has 0 aliphatic carbocycles. The van der Waals surface area contributed by atoms with Gasteiger partial charge in [-0.3, -0.25) is 4.79 Å². The second-order valence-corrected chi connectivity index (χ2v) is 5.09. The standard InChI is InChI=1S/C13H14ClNOS/c14-7-3-4-8-15-13(16)11-9-17-12-6-2-1-5-10(11)12/h1-2,5-6,9H,3-4,7-8H2,(H,15,16). The molecule has 2 aromatic rings. The van der Waals surface area contributed by atoms with Crippen molar-refractivity contribution in [3.05, 3.63) is 35.2 Å². The molecule has 17 heavy (non-hydrogen) atoms. The first-order valence-corrected chi connectivity index (χ1v) is 7.04. The van der Waals surface area contributed by atoms with Crippen LogP contribution in [0.5, 0.6) is 0 Å². The van der Waals surface area contributed by atoms with E-state index >= 15 is 0 Å². The molecule has 1 amide bonds. The third-order valence-electron chi connectivity index (χ3n) is 2.57. The molecule has 0 saturated heterocycles. The number of nitrogens with one attached hydrogen (secondary N) is 1. The minimum atomic E-state index is 0.0111. The van der Waals surface area contributed by atoms with Crippen molar-refractivity contribution in [3.8, 4) is 0 Å². The van der Waals surface area contributed by atoms with E-state index in [9.17, 15) is 4.79 Å². The number of halogens is 1. The lowest BCUT2D eigenvalue weighted by atomic mass is 10.1. The normalized spacial score (nSPS) is 10.6. The molecule has 0 aliphatic rings. The first-order chi connectivity index (χ1) is 8.33. The Kier molecular flexibility index (Phi) is 4.40. The first-order valence-electron chi connectivity index (χ1n) is 5.63. The summed E-state index contributed by atoms with van der Waals surface area (Å²) in [5.74, 6) is 0.661. The molecule has 90 valence electrons. The summed E-state index contributed by atoms with van der Waals surface area (Å²) in [5, 5.41) is 5.87. The summed E-state index contributed by atoms with van der Waals surface area (Å²) in [5.41, 5.74) is 0.775. The van der Waals surface area contributed by atoms with E-state index in [-0.39, 0.29) is 5.91 Å². The Morgan fingerprint density at radius 3 is 2.94 bits per heavy atom. The van der Waals surface area contributed by atoms with Crippen molar-refractivity contribution in [2.45, 2.75) is 12.8 Å². The topological polar surface area (TPSA) is 29.1 Å². The fraction of sp³-hybridized carbons (Fsp3) is 0.308. The Bertz CT molecular complexity index is 509. The van der Waals surface area contributed by atoms with E-state index in [0.717, 1.165) is 28.5 Å². The van der Waals surface area contributed by atoms with Crippen LogP contribution in [0.1, 0.15) is 23.2 Å². The van der Waals surface area contributed by atoms with Crippen molar-refractivity contribution < 1.29 is 4.79 Å². The van der Waals surface area contributed by atoms with Crippen molar-refractivity contribution in [2.24, 2.45) is 0 Å². The Morgan fingerprint density at radius 1 is 1.29 bits per heavy atom. The van der Waals surface area contributed by atoms with Gasteiger partial charge in [-0.25, -0.2) is 0 Å². The number of thiophene rings is 1. The van der Waals surface area contributed by atoms with Crippen LogP contribution in [0.25, 0.3) is 10.1 Å². The first kappa shape index (κ1) is 12.4. The van der Waals surface area contributed by atoms with Gasteiger partial charge in [0.2, 0.25) is 0 Å². The largest absolute Gasteiger partial charge is 0.352 e. The van der Waals surface area contributed by atoms with Crippen LogP contribution in [0, 0.1) is 0 Å². The molecular formula is C13H14ClNOS. The zero-order chi connectivity index (χ0) is 12.1. The molecule has 0 saturated carbocycles. The highest BCUT2D eigenvalue weighted by molar-refractivity contribution is 7.17. The Morgan fingerprint density at radius 2 is 2.12 bits per heavy atom. The molecule has 4 heteroatoms. The molecular weight excluding hydrogens is 254 g/mol. The summed E-state index contributed by atoms with van der Waals surface area (Å²) in [6.07, 6.45) is 1.86. The molecule has 1 aromatic heterocycles. The Hall–Kier alpha value is -1.06. The molecule has 0 atom stereocenters. The quantitative estimate of drug-likeness (QED) is 0.650. The Balaban J connectivity index is 2.04. The lowest BCUT2D eigenvalue weighted by Gasteiger charge is -2.03. The van der Waals surface area contributed by atoms with Crippen molar-refractivity contribution in [1.82, 2.24) is 5.32 Å². The van der Waals surface area contributed by atoms with Crippen LogP contribution in [-0.2, 0) is 0 Å².